The Balaban J connectivity index is 1.88. The van der Waals surface area contributed by atoms with Crippen LogP contribution in [0.4, 0.5) is 4.39 Å². The highest BCUT2D eigenvalue weighted by Crippen LogP contribution is 2.30. The van der Waals surface area contributed by atoms with E-state index in [4.69, 9.17) is 14.2 Å². The third-order valence-corrected chi connectivity index (χ3v) is 2.93. The van der Waals surface area contributed by atoms with Crippen LogP contribution in [-0.4, -0.2) is 43.7 Å². The zero-order chi connectivity index (χ0) is 13.0. The number of aliphatic hydroxyl groups is 1. The van der Waals surface area contributed by atoms with E-state index in [1.54, 1.807) is 25.3 Å². The maximum absolute atomic E-state index is 13.4. The van der Waals surface area contributed by atoms with Crippen molar-refractivity contribution in [3.63, 3.8) is 0 Å². The molecule has 4 nitrogen and oxygen atoms in total. The molecule has 2 rings (SSSR count). The van der Waals surface area contributed by atoms with E-state index >= 15 is 0 Å². The monoisotopic (exact) mass is 256 g/mol. The predicted octanol–water partition coefficient (Wildman–Crippen LogP) is 1.37. The van der Waals surface area contributed by atoms with Gasteiger partial charge in [-0.15, -0.1) is 0 Å². The molecule has 0 bridgehead atoms. The van der Waals surface area contributed by atoms with Gasteiger partial charge in [-0.05, 0) is 12.1 Å². The fourth-order valence-corrected chi connectivity index (χ4v) is 1.86. The number of hydrogen-bond donors (Lipinski definition) is 1. The molecule has 1 N–H and O–H groups in total. The van der Waals surface area contributed by atoms with Crippen molar-refractivity contribution in [2.75, 3.05) is 20.3 Å². The first kappa shape index (κ1) is 13.3. The summed E-state index contributed by atoms with van der Waals surface area (Å²) in [6.45, 7) is 0.838. The van der Waals surface area contributed by atoms with Crippen LogP contribution in [0.1, 0.15) is 6.42 Å². The first-order chi connectivity index (χ1) is 8.72. The minimum Gasteiger partial charge on any atom is -0.484 e. The van der Waals surface area contributed by atoms with Gasteiger partial charge in [-0.2, -0.15) is 0 Å². The van der Waals surface area contributed by atoms with Crippen molar-refractivity contribution in [2.24, 2.45) is 0 Å². The highest BCUT2D eigenvalue weighted by molar-refractivity contribution is 5.24. The van der Waals surface area contributed by atoms with Crippen LogP contribution in [-0.2, 0) is 9.47 Å². The minimum absolute atomic E-state index is 0.190. The fourth-order valence-electron chi connectivity index (χ4n) is 1.86. The maximum atomic E-state index is 13.4. The molecule has 3 unspecified atom stereocenters. The van der Waals surface area contributed by atoms with E-state index < -0.39 is 18.0 Å². The second-order valence-corrected chi connectivity index (χ2v) is 4.22. The van der Waals surface area contributed by atoms with Crippen molar-refractivity contribution in [3.8, 4) is 5.75 Å². The predicted molar refractivity (Wildman–Crippen MR) is 63.1 cm³/mol. The minimum atomic E-state index is -0.557. The molecular formula is C13H17FO4. The lowest BCUT2D eigenvalue weighted by Gasteiger charge is -2.40. The Bertz CT molecular complexity index is 385. The molecule has 0 spiro atoms. The molecule has 1 aromatic rings. The molecule has 1 fully saturated rings. The van der Waals surface area contributed by atoms with E-state index in [1.807, 2.05) is 0 Å². The first-order valence-electron chi connectivity index (χ1n) is 5.92. The Morgan fingerprint density at radius 3 is 2.78 bits per heavy atom. The fraction of sp³-hybridized carbons (Fsp3) is 0.538. The van der Waals surface area contributed by atoms with Crippen LogP contribution in [0.2, 0.25) is 0 Å². The average Bonchev–Trinajstić information content (AvgIpc) is 2.36. The van der Waals surface area contributed by atoms with Crippen molar-refractivity contribution in [1.82, 2.24) is 0 Å². The number of benzene rings is 1. The number of methoxy groups -OCH3 is 1. The van der Waals surface area contributed by atoms with Gasteiger partial charge < -0.3 is 19.3 Å². The summed E-state index contributed by atoms with van der Waals surface area (Å²) in [5.41, 5.74) is 0. The van der Waals surface area contributed by atoms with Gasteiger partial charge in [0.2, 0.25) is 0 Å². The van der Waals surface area contributed by atoms with Crippen LogP contribution in [0, 0.1) is 5.82 Å². The van der Waals surface area contributed by atoms with Crippen molar-refractivity contribution >= 4 is 0 Å². The quantitative estimate of drug-likeness (QED) is 0.781. The van der Waals surface area contributed by atoms with Gasteiger partial charge in [0.25, 0.3) is 0 Å². The molecule has 1 aliphatic carbocycles. The van der Waals surface area contributed by atoms with Crippen LogP contribution in [0.25, 0.3) is 0 Å². The molecule has 0 aliphatic heterocycles. The van der Waals surface area contributed by atoms with Crippen LogP contribution in [0.5, 0.6) is 5.75 Å². The molecule has 1 saturated carbocycles. The van der Waals surface area contributed by atoms with Gasteiger partial charge in [0.15, 0.2) is 11.6 Å². The Labute approximate surface area is 105 Å². The number of aliphatic hydroxyl groups excluding tert-OH is 1. The Hall–Kier alpha value is -1.17. The molecular weight excluding hydrogens is 239 g/mol. The Morgan fingerprint density at radius 2 is 2.11 bits per heavy atom. The van der Waals surface area contributed by atoms with Crippen molar-refractivity contribution in [3.05, 3.63) is 30.1 Å². The summed E-state index contributed by atoms with van der Waals surface area (Å²) in [4.78, 5) is 0. The zero-order valence-corrected chi connectivity index (χ0v) is 10.2. The van der Waals surface area contributed by atoms with Crippen molar-refractivity contribution < 1.29 is 23.7 Å². The molecule has 5 heteroatoms. The van der Waals surface area contributed by atoms with Gasteiger partial charge in [-0.25, -0.2) is 4.39 Å². The Kier molecular flexibility index (Phi) is 4.52. The van der Waals surface area contributed by atoms with Crippen LogP contribution in [0.15, 0.2) is 24.3 Å². The summed E-state index contributed by atoms with van der Waals surface area (Å²) in [6.07, 6.45) is -0.835. The van der Waals surface area contributed by atoms with Crippen molar-refractivity contribution in [2.45, 2.75) is 24.7 Å². The van der Waals surface area contributed by atoms with Gasteiger partial charge in [0, 0.05) is 13.5 Å². The molecule has 0 aromatic heterocycles. The van der Waals surface area contributed by atoms with Crippen LogP contribution < -0.4 is 4.74 Å². The smallest absolute Gasteiger partial charge is 0.165 e. The van der Waals surface area contributed by atoms with Crippen LogP contribution >= 0.6 is 0 Å². The van der Waals surface area contributed by atoms with E-state index in [1.165, 1.54) is 6.07 Å². The lowest BCUT2D eigenvalue weighted by Crippen LogP contribution is -2.55. The van der Waals surface area contributed by atoms with Crippen molar-refractivity contribution in [1.29, 1.82) is 0 Å². The lowest BCUT2D eigenvalue weighted by molar-refractivity contribution is -0.167. The summed E-state index contributed by atoms with van der Waals surface area (Å²) < 4.78 is 29.2. The van der Waals surface area contributed by atoms with E-state index in [2.05, 4.69) is 0 Å². The van der Waals surface area contributed by atoms with Gasteiger partial charge in [-0.3, -0.25) is 0 Å². The molecule has 0 saturated heterocycles. The second-order valence-electron chi connectivity index (χ2n) is 4.22. The number of para-hydroxylation sites is 1. The van der Waals surface area contributed by atoms with Gasteiger partial charge >= 0.3 is 0 Å². The SMILES string of the molecule is COCCOC1C(O)CC1Oc1ccccc1F. The summed E-state index contributed by atoms with van der Waals surface area (Å²) in [5.74, 6) is -0.218. The van der Waals surface area contributed by atoms with Gasteiger partial charge in [-0.1, -0.05) is 12.1 Å². The number of halogens is 1. The standard InChI is InChI=1S/C13H17FO4/c1-16-6-7-17-13-10(15)8-12(13)18-11-5-3-2-4-9(11)14/h2-5,10,12-13,15H,6-8H2,1H3. The first-order valence-corrected chi connectivity index (χ1v) is 5.92. The van der Waals surface area contributed by atoms with E-state index in [-0.39, 0.29) is 11.9 Å². The molecule has 100 valence electrons. The molecule has 0 heterocycles. The number of rotatable bonds is 6. The average molecular weight is 256 g/mol. The van der Waals surface area contributed by atoms with Gasteiger partial charge in [0.05, 0.1) is 19.3 Å². The Morgan fingerprint density at radius 1 is 1.33 bits per heavy atom. The third kappa shape index (κ3) is 2.98. The molecule has 18 heavy (non-hydrogen) atoms. The summed E-state index contributed by atoms with van der Waals surface area (Å²) in [6, 6.07) is 6.20. The van der Waals surface area contributed by atoms with E-state index in [9.17, 15) is 9.50 Å². The lowest BCUT2D eigenvalue weighted by atomic mass is 9.88. The molecule has 3 atom stereocenters. The molecule has 0 amide bonds. The second kappa shape index (κ2) is 6.13. The third-order valence-electron chi connectivity index (χ3n) is 2.93. The topological polar surface area (TPSA) is 47.9 Å². The summed E-state index contributed by atoms with van der Waals surface area (Å²) in [7, 11) is 1.58. The highest BCUT2D eigenvalue weighted by atomic mass is 19.1. The number of hydrogen-bond acceptors (Lipinski definition) is 4. The summed E-state index contributed by atoms with van der Waals surface area (Å²) >= 11 is 0. The number of ether oxygens (including phenoxy) is 3. The van der Waals surface area contributed by atoms with E-state index in [0.29, 0.717) is 19.6 Å². The zero-order valence-electron chi connectivity index (χ0n) is 10.2. The molecule has 1 aromatic carbocycles. The van der Waals surface area contributed by atoms with Gasteiger partial charge in [0.1, 0.15) is 12.2 Å². The van der Waals surface area contributed by atoms with E-state index in [0.717, 1.165) is 0 Å². The largest absolute Gasteiger partial charge is 0.484 e. The summed E-state index contributed by atoms with van der Waals surface area (Å²) in [5, 5.41) is 9.59. The van der Waals surface area contributed by atoms with Crippen LogP contribution in [0.3, 0.4) is 0 Å². The normalized spacial score (nSPS) is 26.7. The molecule has 1 aliphatic rings. The molecule has 0 radical (unpaired) electrons. The maximum Gasteiger partial charge on any atom is 0.165 e. The highest BCUT2D eigenvalue weighted by Gasteiger charge is 2.43.